The largest absolute Gasteiger partial charge is 0.495 e. The molecule has 0 saturated carbocycles. The van der Waals surface area contributed by atoms with Crippen LogP contribution in [0, 0.1) is 6.92 Å². The average Bonchev–Trinajstić information content (AvgIpc) is 2.88. The normalized spacial score (nSPS) is 20.9. The van der Waals surface area contributed by atoms with E-state index in [1.165, 1.54) is 0 Å². The van der Waals surface area contributed by atoms with E-state index in [0.29, 0.717) is 31.5 Å². The Morgan fingerprint density at radius 2 is 1.66 bits per heavy atom. The van der Waals surface area contributed by atoms with Crippen molar-refractivity contribution in [3.8, 4) is 0 Å². The first-order chi connectivity index (χ1) is 14.7. The number of hydrogen-bond acceptors (Lipinski definition) is 5. The predicted octanol–water partition coefficient (Wildman–Crippen LogP) is 3.42. The molecule has 2 aliphatic heterocycles. The highest BCUT2D eigenvalue weighted by Gasteiger charge is 2.52. The number of nitrogens with zero attached hydrogens (tertiary/aromatic N) is 1. The average molecular weight is 444 g/mol. The zero-order valence-corrected chi connectivity index (χ0v) is 20.7. The Morgan fingerprint density at radius 3 is 2.19 bits per heavy atom. The lowest BCUT2D eigenvalue weighted by molar-refractivity contribution is 0.00578. The molecule has 176 valence electrons. The predicted molar refractivity (Wildman–Crippen MR) is 125 cm³/mol. The molecule has 2 heterocycles. The standard InChI is InChI=1S/C24H37BN2O5/c1-16-9-10-17(15-19(16)25-31-23(5,6)24(7,8)32-25)20(28)26-18-11-13-27(14-12-18)21(29)30-22(2,3)4/h9-10,15,18H,11-14H2,1-8H3,(H,26,28). The van der Waals surface area contributed by atoms with E-state index in [2.05, 4.69) is 5.32 Å². The van der Waals surface area contributed by atoms with Crippen LogP contribution in [0.15, 0.2) is 18.2 Å². The van der Waals surface area contributed by atoms with Crippen LogP contribution in [0.5, 0.6) is 0 Å². The van der Waals surface area contributed by atoms with E-state index >= 15 is 0 Å². The summed E-state index contributed by atoms with van der Waals surface area (Å²) in [6, 6.07) is 5.64. The van der Waals surface area contributed by atoms with Gasteiger partial charge >= 0.3 is 13.2 Å². The second kappa shape index (κ2) is 8.71. The molecule has 1 aromatic carbocycles. The lowest BCUT2D eigenvalue weighted by Gasteiger charge is -2.33. The molecule has 2 fully saturated rings. The molecule has 0 aliphatic carbocycles. The first-order valence-electron chi connectivity index (χ1n) is 11.4. The van der Waals surface area contributed by atoms with Gasteiger partial charge in [-0.1, -0.05) is 11.6 Å². The number of benzene rings is 1. The summed E-state index contributed by atoms with van der Waals surface area (Å²) in [7, 11) is -0.509. The van der Waals surface area contributed by atoms with Gasteiger partial charge in [0.05, 0.1) is 11.2 Å². The maximum Gasteiger partial charge on any atom is 0.495 e. The van der Waals surface area contributed by atoms with Crippen LogP contribution >= 0.6 is 0 Å². The van der Waals surface area contributed by atoms with Gasteiger partial charge in [-0.3, -0.25) is 4.79 Å². The molecule has 2 amide bonds. The highest BCUT2D eigenvalue weighted by atomic mass is 16.7. The first kappa shape index (κ1) is 24.6. The van der Waals surface area contributed by atoms with Gasteiger partial charge in [-0.05, 0) is 85.8 Å². The molecule has 0 unspecified atom stereocenters. The molecule has 0 atom stereocenters. The molecular formula is C24H37BN2O5. The SMILES string of the molecule is Cc1ccc(C(=O)NC2CCN(C(=O)OC(C)(C)C)CC2)cc1B1OC(C)(C)C(C)(C)O1. The minimum Gasteiger partial charge on any atom is -0.444 e. The summed E-state index contributed by atoms with van der Waals surface area (Å²) >= 11 is 0. The van der Waals surface area contributed by atoms with Gasteiger partial charge in [0.1, 0.15) is 5.60 Å². The van der Waals surface area contributed by atoms with Crippen molar-refractivity contribution in [2.45, 2.75) is 91.1 Å². The molecule has 0 aromatic heterocycles. The van der Waals surface area contributed by atoms with Crippen molar-refractivity contribution >= 4 is 24.6 Å². The van der Waals surface area contributed by atoms with E-state index in [1.807, 2.05) is 73.6 Å². The number of hydrogen-bond donors (Lipinski definition) is 1. The van der Waals surface area contributed by atoms with Gasteiger partial charge in [0.2, 0.25) is 0 Å². The fourth-order valence-electron chi connectivity index (χ4n) is 3.81. The number of likely N-dealkylation sites (tertiary alicyclic amines) is 1. The van der Waals surface area contributed by atoms with Gasteiger partial charge in [-0.15, -0.1) is 0 Å². The van der Waals surface area contributed by atoms with Crippen molar-refractivity contribution in [3.05, 3.63) is 29.3 Å². The van der Waals surface area contributed by atoms with E-state index in [9.17, 15) is 9.59 Å². The van der Waals surface area contributed by atoms with E-state index in [-0.39, 0.29) is 18.0 Å². The van der Waals surface area contributed by atoms with Crippen molar-refractivity contribution in [1.29, 1.82) is 0 Å². The molecule has 7 nitrogen and oxygen atoms in total. The Labute approximate surface area is 192 Å². The maximum atomic E-state index is 13.0. The second-order valence-electron chi connectivity index (χ2n) is 10.9. The van der Waals surface area contributed by atoms with Gasteiger partial charge in [0.25, 0.3) is 5.91 Å². The Hall–Kier alpha value is -2.06. The lowest BCUT2D eigenvalue weighted by Crippen LogP contribution is -2.48. The summed E-state index contributed by atoms with van der Waals surface area (Å²) in [5.41, 5.74) is 1.08. The van der Waals surface area contributed by atoms with Crippen molar-refractivity contribution in [2.75, 3.05) is 13.1 Å². The Kier molecular flexibility index (Phi) is 6.69. The molecule has 32 heavy (non-hydrogen) atoms. The summed E-state index contributed by atoms with van der Waals surface area (Å²) in [5, 5.41) is 3.11. The molecule has 0 bridgehead atoms. The van der Waals surface area contributed by atoms with Crippen LogP contribution in [0.3, 0.4) is 0 Å². The van der Waals surface area contributed by atoms with Gasteiger partial charge in [0.15, 0.2) is 0 Å². The quantitative estimate of drug-likeness (QED) is 0.723. The van der Waals surface area contributed by atoms with Gasteiger partial charge in [0, 0.05) is 24.7 Å². The zero-order chi connectivity index (χ0) is 23.9. The number of carbonyl (C=O) groups excluding carboxylic acids is 2. The van der Waals surface area contributed by atoms with Gasteiger partial charge in [-0.2, -0.15) is 0 Å². The van der Waals surface area contributed by atoms with E-state index in [0.717, 1.165) is 11.0 Å². The zero-order valence-electron chi connectivity index (χ0n) is 20.7. The molecule has 8 heteroatoms. The number of nitrogens with one attached hydrogen (secondary N) is 1. The van der Waals surface area contributed by atoms with Crippen molar-refractivity contribution in [3.63, 3.8) is 0 Å². The molecular weight excluding hydrogens is 407 g/mol. The van der Waals surface area contributed by atoms with Crippen LogP contribution in [0.4, 0.5) is 4.79 Å². The second-order valence-corrected chi connectivity index (χ2v) is 10.9. The Balaban J connectivity index is 1.61. The Bertz CT molecular complexity index is 854. The monoisotopic (exact) mass is 444 g/mol. The van der Waals surface area contributed by atoms with Crippen LogP contribution in [-0.4, -0.2) is 60.0 Å². The molecule has 1 aromatic rings. The van der Waals surface area contributed by atoms with Crippen LogP contribution in [0.2, 0.25) is 0 Å². The Morgan fingerprint density at radius 1 is 1.09 bits per heavy atom. The number of ether oxygens (including phenoxy) is 1. The van der Waals surface area contributed by atoms with Crippen molar-refractivity contribution in [1.82, 2.24) is 10.2 Å². The molecule has 3 rings (SSSR count). The number of amides is 2. The molecule has 0 spiro atoms. The number of rotatable bonds is 3. The maximum absolute atomic E-state index is 13.0. The molecule has 1 N–H and O–H groups in total. The third-order valence-electron chi connectivity index (χ3n) is 6.53. The van der Waals surface area contributed by atoms with Crippen LogP contribution in [0.1, 0.15) is 77.2 Å². The molecule has 2 saturated heterocycles. The minimum absolute atomic E-state index is 0.0165. The smallest absolute Gasteiger partial charge is 0.444 e. The summed E-state index contributed by atoms with van der Waals surface area (Å²) in [5.74, 6) is -0.126. The third kappa shape index (κ3) is 5.46. The molecule has 2 aliphatic rings. The number of carbonyl (C=O) groups is 2. The lowest BCUT2D eigenvalue weighted by atomic mass is 9.75. The van der Waals surface area contributed by atoms with Crippen molar-refractivity contribution in [2.24, 2.45) is 0 Å². The summed E-state index contributed by atoms with van der Waals surface area (Å²) in [4.78, 5) is 26.9. The summed E-state index contributed by atoms with van der Waals surface area (Å²) in [6.07, 6.45) is 1.09. The van der Waals surface area contributed by atoms with Crippen LogP contribution < -0.4 is 10.8 Å². The third-order valence-corrected chi connectivity index (χ3v) is 6.53. The van der Waals surface area contributed by atoms with Crippen LogP contribution in [-0.2, 0) is 14.0 Å². The molecule has 0 radical (unpaired) electrons. The summed E-state index contributed by atoms with van der Waals surface area (Å²) in [6.45, 7) is 16.8. The van der Waals surface area contributed by atoms with Gasteiger partial charge in [-0.25, -0.2) is 4.79 Å². The fourth-order valence-corrected chi connectivity index (χ4v) is 3.81. The summed E-state index contributed by atoms with van der Waals surface area (Å²) < 4.78 is 17.8. The number of aryl methyl sites for hydroxylation is 1. The minimum atomic E-state index is -0.511. The van der Waals surface area contributed by atoms with Crippen molar-refractivity contribution < 1.29 is 23.6 Å². The van der Waals surface area contributed by atoms with E-state index in [4.69, 9.17) is 14.0 Å². The van der Waals surface area contributed by atoms with E-state index < -0.39 is 23.9 Å². The first-order valence-corrected chi connectivity index (χ1v) is 11.4. The number of piperidine rings is 1. The topological polar surface area (TPSA) is 77.1 Å². The van der Waals surface area contributed by atoms with E-state index in [1.54, 1.807) is 4.90 Å². The van der Waals surface area contributed by atoms with Crippen LogP contribution in [0.25, 0.3) is 0 Å². The fraction of sp³-hybridized carbons (Fsp3) is 0.667. The highest BCUT2D eigenvalue weighted by Crippen LogP contribution is 2.36. The van der Waals surface area contributed by atoms with Gasteiger partial charge < -0.3 is 24.3 Å². The highest BCUT2D eigenvalue weighted by molar-refractivity contribution is 6.62.